The van der Waals surface area contributed by atoms with E-state index >= 15 is 0 Å². The van der Waals surface area contributed by atoms with E-state index < -0.39 is 0 Å². The molecule has 2 aromatic heterocycles. The van der Waals surface area contributed by atoms with Crippen LogP contribution in [0.3, 0.4) is 0 Å². The first-order valence-electron chi connectivity index (χ1n) is 7.60. The molecule has 24 heavy (non-hydrogen) atoms. The van der Waals surface area contributed by atoms with Gasteiger partial charge in [-0.05, 0) is 36.8 Å². The summed E-state index contributed by atoms with van der Waals surface area (Å²) in [5.41, 5.74) is 1.31. The fraction of sp³-hybridized carbons (Fsp3) is 0.294. The van der Waals surface area contributed by atoms with Crippen LogP contribution >= 0.6 is 46.1 Å². The molecule has 1 unspecified atom stereocenters. The quantitative estimate of drug-likeness (QED) is 0.457. The molecule has 124 valence electrons. The standard InChI is InChI=1S/C17H13Cl3N2OS/c1-8-2-3-9-14(4-8)24-17-15(9)16(21-7-22-17)23-13-6-11(19)10(18)5-12(13)20/h5-8H,2-4H2,1H3. The molecule has 1 atom stereocenters. The van der Waals surface area contributed by atoms with Gasteiger partial charge in [0.05, 0.1) is 20.5 Å². The second-order valence-electron chi connectivity index (χ2n) is 6.01. The Labute approximate surface area is 158 Å². The van der Waals surface area contributed by atoms with Crippen LogP contribution in [0.1, 0.15) is 23.8 Å². The first-order valence-corrected chi connectivity index (χ1v) is 9.55. The minimum absolute atomic E-state index is 0.391. The second kappa shape index (κ2) is 6.34. The van der Waals surface area contributed by atoms with Crippen molar-refractivity contribution in [1.29, 1.82) is 0 Å². The summed E-state index contributed by atoms with van der Waals surface area (Å²) < 4.78 is 5.99. The number of fused-ring (bicyclic) bond motifs is 3. The number of thiophene rings is 1. The highest BCUT2D eigenvalue weighted by atomic mass is 35.5. The van der Waals surface area contributed by atoms with E-state index in [1.165, 1.54) is 23.2 Å². The molecule has 1 aliphatic carbocycles. The van der Waals surface area contributed by atoms with Crippen molar-refractivity contribution in [2.24, 2.45) is 5.92 Å². The number of hydrogen-bond acceptors (Lipinski definition) is 4. The molecule has 0 saturated carbocycles. The molecule has 1 aromatic carbocycles. The molecule has 4 rings (SSSR count). The largest absolute Gasteiger partial charge is 0.437 e. The van der Waals surface area contributed by atoms with Crippen LogP contribution < -0.4 is 4.74 Å². The summed E-state index contributed by atoms with van der Waals surface area (Å²) in [4.78, 5) is 11.1. The minimum Gasteiger partial charge on any atom is -0.437 e. The summed E-state index contributed by atoms with van der Waals surface area (Å²) in [7, 11) is 0. The first-order chi connectivity index (χ1) is 11.5. The molecular formula is C17H13Cl3N2OS. The molecule has 7 heteroatoms. The summed E-state index contributed by atoms with van der Waals surface area (Å²) in [5, 5.41) is 2.17. The van der Waals surface area contributed by atoms with Crippen LogP contribution in [-0.2, 0) is 12.8 Å². The van der Waals surface area contributed by atoms with Crippen molar-refractivity contribution >= 4 is 56.4 Å². The number of ether oxygens (including phenoxy) is 1. The van der Waals surface area contributed by atoms with Gasteiger partial charge >= 0.3 is 0 Å². The summed E-state index contributed by atoms with van der Waals surface area (Å²) in [5.74, 6) is 1.66. The van der Waals surface area contributed by atoms with Gasteiger partial charge in [0.25, 0.3) is 0 Å². The average molecular weight is 400 g/mol. The monoisotopic (exact) mass is 398 g/mol. The Hall–Kier alpha value is -1.07. The molecule has 0 saturated heterocycles. The van der Waals surface area contributed by atoms with Crippen LogP contribution in [-0.4, -0.2) is 9.97 Å². The van der Waals surface area contributed by atoms with Gasteiger partial charge in [0, 0.05) is 10.9 Å². The third-order valence-corrected chi connectivity index (χ3v) is 6.42. The maximum Gasteiger partial charge on any atom is 0.231 e. The average Bonchev–Trinajstić information content (AvgIpc) is 2.90. The first kappa shape index (κ1) is 16.4. The van der Waals surface area contributed by atoms with Crippen LogP contribution in [0.2, 0.25) is 15.1 Å². The van der Waals surface area contributed by atoms with Crippen LogP contribution in [0.5, 0.6) is 11.6 Å². The zero-order valence-electron chi connectivity index (χ0n) is 12.8. The highest BCUT2D eigenvalue weighted by molar-refractivity contribution is 7.18. The van der Waals surface area contributed by atoms with Crippen LogP contribution in [0.4, 0.5) is 0 Å². The van der Waals surface area contributed by atoms with E-state index in [4.69, 9.17) is 39.5 Å². The lowest BCUT2D eigenvalue weighted by Gasteiger charge is -2.18. The number of aryl methyl sites for hydroxylation is 1. The van der Waals surface area contributed by atoms with Crippen LogP contribution in [0.25, 0.3) is 10.2 Å². The SMILES string of the molecule is CC1CCc2c(sc3ncnc(Oc4cc(Cl)c(Cl)cc4Cl)c23)C1. The zero-order chi connectivity index (χ0) is 16.8. The molecule has 2 heterocycles. The van der Waals surface area contributed by atoms with E-state index in [0.29, 0.717) is 32.6 Å². The minimum atomic E-state index is 0.391. The second-order valence-corrected chi connectivity index (χ2v) is 8.31. The van der Waals surface area contributed by atoms with Crippen molar-refractivity contribution in [2.45, 2.75) is 26.2 Å². The van der Waals surface area contributed by atoms with Gasteiger partial charge in [-0.1, -0.05) is 41.7 Å². The number of halogens is 3. The van der Waals surface area contributed by atoms with Crippen molar-refractivity contribution in [3.8, 4) is 11.6 Å². The summed E-state index contributed by atoms with van der Waals surface area (Å²) >= 11 is 20.0. The molecule has 0 fully saturated rings. The lowest BCUT2D eigenvalue weighted by atomic mass is 9.89. The van der Waals surface area contributed by atoms with Crippen molar-refractivity contribution in [1.82, 2.24) is 9.97 Å². The van der Waals surface area contributed by atoms with E-state index in [9.17, 15) is 0 Å². The third kappa shape index (κ3) is 2.86. The maximum absolute atomic E-state index is 6.23. The molecule has 1 aliphatic rings. The van der Waals surface area contributed by atoms with Gasteiger partial charge in [0.1, 0.15) is 16.9 Å². The molecular weight excluding hydrogens is 387 g/mol. The lowest BCUT2D eigenvalue weighted by Crippen LogP contribution is -2.08. The lowest BCUT2D eigenvalue weighted by molar-refractivity contribution is 0.466. The Kier molecular flexibility index (Phi) is 4.33. The Morgan fingerprint density at radius 1 is 1.12 bits per heavy atom. The van der Waals surface area contributed by atoms with E-state index in [0.717, 1.165) is 23.1 Å². The highest BCUT2D eigenvalue weighted by Gasteiger charge is 2.24. The van der Waals surface area contributed by atoms with Gasteiger partial charge in [-0.2, -0.15) is 0 Å². The number of nitrogens with zero attached hydrogens (tertiary/aromatic N) is 2. The topological polar surface area (TPSA) is 35.0 Å². The van der Waals surface area contributed by atoms with Gasteiger partial charge in [-0.25, -0.2) is 9.97 Å². The van der Waals surface area contributed by atoms with Gasteiger partial charge in [0.15, 0.2) is 0 Å². The van der Waals surface area contributed by atoms with Gasteiger partial charge in [-0.3, -0.25) is 0 Å². The van der Waals surface area contributed by atoms with E-state index in [1.54, 1.807) is 23.5 Å². The van der Waals surface area contributed by atoms with Crippen LogP contribution in [0, 0.1) is 5.92 Å². The fourth-order valence-corrected chi connectivity index (χ4v) is 4.93. The Morgan fingerprint density at radius 2 is 1.92 bits per heavy atom. The van der Waals surface area contributed by atoms with E-state index in [2.05, 4.69) is 16.9 Å². The van der Waals surface area contributed by atoms with Crippen molar-refractivity contribution in [2.75, 3.05) is 0 Å². The van der Waals surface area contributed by atoms with Crippen molar-refractivity contribution < 1.29 is 4.74 Å². The van der Waals surface area contributed by atoms with Gasteiger partial charge < -0.3 is 4.74 Å². The molecule has 3 nitrogen and oxygen atoms in total. The predicted octanol–water partition coefficient (Wildman–Crippen LogP) is 6.57. The third-order valence-electron chi connectivity index (χ3n) is 4.24. The van der Waals surface area contributed by atoms with Crippen molar-refractivity contribution in [3.05, 3.63) is 44.0 Å². The number of rotatable bonds is 2. The number of hydrogen-bond donors (Lipinski definition) is 0. The van der Waals surface area contributed by atoms with Crippen LogP contribution in [0.15, 0.2) is 18.5 Å². The molecule has 0 radical (unpaired) electrons. The van der Waals surface area contributed by atoms with Crippen molar-refractivity contribution in [3.63, 3.8) is 0 Å². The molecule has 0 spiro atoms. The summed E-state index contributed by atoms with van der Waals surface area (Å²) in [6.45, 7) is 2.28. The Morgan fingerprint density at radius 3 is 2.75 bits per heavy atom. The van der Waals surface area contributed by atoms with E-state index in [-0.39, 0.29) is 0 Å². The molecule has 0 amide bonds. The molecule has 3 aromatic rings. The van der Waals surface area contributed by atoms with E-state index in [1.807, 2.05) is 0 Å². The molecule has 0 bridgehead atoms. The highest BCUT2D eigenvalue weighted by Crippen LogP contribution is 2.43. The zero-order valence-corrected chi connectivity index (χ0v) is 15.9. The summed E-state index contributed by atoms with van der Waals surface area (Å²) in [6, 6.07) is 3.19. The van der Waals surface area contributed by atoms with Gasteiger partial charge in [-0.15, -0.1) is 11.3 Å². The number of benzene rings is 1. The maximum atomic E-state index is 6.23. The number of aromatic nitrogens is 2. The fourth-order valence-electron chi connectivity index (χ4n) is 3.01. The Bertz CT molecular complexity index is 941. The summed E-state index contributed by atoms with van der Waals surface area (Å²) in [6.07, 6.45) is 4.80. The van der Waals surface area contributed by atoms with Gasteiger partial charge in [0.2, 0.25) is 5.88 Å². The molecule has 0 N–H and O–H groups in total. The molecule has 0 aliphatic heterocycles. The Balaban J connectivity index is 1.82. The smallest absolute Gasteiger partial charge is 0.231 e. The predicted molar refractivity (Wildman–Crippen MR) is 100 cm³/mol. The normalized spacial score (nSPS) is 17.1.